The summed E-state index contributed by atoms with van der Waals surface area (Å²) in [6.45, 7) is 12.3. The molecule has 2 unspecified atom stereocenters. The molecule has 8 nitrogen and oxygen atoms in total. The number of halogens is 1. The first-order valence-electron chi connectivity index (χ1n) is 12.8. The van der Waals surface area contributed by atoms with Crippen molar-refractivity contribution in [3.05, 3.63) is 63.7 Å². The zero-order valence-corrected chi connectivity index (χ0v) is 24.1. The number of aliphatic hydroxyl groups is 1. The van der Waals surface area contributed by atoms with Gasteiger partial charge in [0.25, 0.3) is 5.91 Å². The molecular weight excluding hydrogens is 506 g/mol. The second-order valence-electron chi connectivity index (χ2n) is 10.4. The molecule has 0 fully saturated rings. The molecule has 0 aliphatic carbocycles. The summed E-state index contributed by atoms with van der Waals surface area (Å²) in [7, 11) is 0. The minimum Gasteiger partial charge on any atom is -0.444 e. The normalized spacial score (nSPS) is 12.9. The number of nitrogens with one attached hydrogen (secondary N) is 2. The van der Waals surface area contributed by atoms with E-state index in [0.29, 0.717) is 22.7 Å². The number of hydrogen-bond donors (Lipinski definition) is 3. The van der Waals surface area contributed by atoms with Gasteiger partial charge < -0.3 is 25.4 Å². The van der Waals surface area contributed by atoms with Crippen molar-refractivity contribution in [3.8, 4) is 0 Å². The highest BCUT2D eigenvalue weighted by Gasteiger charge is 2.37. The van der Waals surface area contributed by atoms with Crippen LogP contribution in [0.15, 0.2) is 36.4 Å². The molecule has 0 radical (unpaired) electrons. The van der Waals surface area contributed by atoms with Gasteiger partial charge in [0.05, 0.1) is 17.3 Å². The third-order valence-electron chi connectivity index (χ3n) is 6.18. The van der Waals surface area contributed by atoms with Gasteiger partial charge in [0.2, 0.25) is 5.91 Å². The van der Waals surface area contributed by atoms with Gasteiger partial charge in [-0.2, -0.15) is 0 Å². The van der Waals surface area contributed by atoms with Crippen molar-refractivity contribution in [3.63, 3.8) is 0 Å². The van der Waals surface area contributed by atoms with Crippen molar-refractivity contribution in [1.82, 2.24) is 10.2 Å². The lowest BCUT2D eigenvalue weighted by atomic mass is 9.94. The van der Waals surface area contributed by atoms with E-state index >= 15 is 0 Å². The number of ether oxygens (including phenoxy) is 1. The van der Waals surface area contributed by atoms with Crippen molar-refractivity contribution in [1.29, 1.82) is 0 Å². The number of hydrogen-bond acceptors (Lipinski definition) is 5. The number of nitrogens with zero attached hydrogens (tertiary/aromatic N) is 1. The summed E-state index contributed by atoms with van der Waals surface area (Å²) in [5, 5.41) is 15.8. The Kier molecular flexibility index (Phi) is 11.2. The molecule has 0 spiro atoms. The van der Waals surface area contributed by atoms with Crippen molar-refractivity contribution >= 4 is 35.2 Å². The van der Waals surface area contributed by atoms with E-state index in [1.807, 2.05) is 52.0 Å². The van der Waals surface area contributed by atoms with E-state index in [1.165, 1.54) is 4.90 Å². The number of rotatable bonds is 10. The SMILES string of the molecule is CCCCN(C(=O)C(CO)NC(=O)OC(C)(C)C)C(C(=O)Nc1c(C)cccc1Cl)c1cccc(C)c1C. The fourth-order valence-corrected chi connectivity index (χ4v) is 4.30. The molecule has 38 heavy (non-hydrogen) atoms. The molecular formula is C29H40ClN3O5. The quantitative estimate of drug-likeness (QED) is 0.367. The lowest BCUT2D eigenvalue weighted by Crippen LogP contribution is -2.54. The first kappa shape index (κ1) is 31.1. The minimum absolute atomic E-state index is 0.231. The fourth-order valence-electron chi connectivity index (χ4n) is 4.03. The van der Waals surface area contributed by atoms with Gasteiger partial charge in [0.15, 0.2) is 0 Å². The van der Waals surface area contributed by atoms with Gasteiger partial charge >= 0.3 is 6.09 Å². The Morgan fingerprint density at radius 1 is 1.05 bits per heavy atom. The van der Waals surface area contributed by atoms with E-state index in [2.05, 4.69) is 10.6 Å². The van der Waals surface area contributed by atoms with Gasteiger partial charge in [-0.1, -0.05) is 55.3 Å². The van der Waals surface area contributed by atoms with Crippen molar-refractivity contribution < 1.29 is 24.2 Å². The number of benzene rings is 2. The maximum atomic E-state index is 14.0. The molecule has 3 amide bonds. The van der Waals surface area contributed by atoms with E-state index in [-0.39, 0.29) is 6.54 Å². The Hall–Kier alpha value is -3.10. The predicted octanol–water partition coefficient (Wildman–Crippen LogP) is 5.46. The highest BCUT2D eigenvalue weighted by atomic mass is 35.5. The van der Waals surface area contributed by atoms with Crippen LogP contribution in [-0.4, -0.2) is 52.7 Å². The van der Waals surface area contributed by atoms with Crippen LogP contribution in [0.5, 0.6) is 0 Å². The van der Waals surface area contributed by atoms with Gasteiger partial charge in [0, 0.05) is 6.54 Å². The fraction of sp³-hybridized carbons (Fsp3) is 0.483. The molecule has 2 atom stereocenters. The van der Waals surface area contributed by atoms with Gasteiger partial charge in [-0.15, -0.1) is 0 Å². The molecule has 2 rings (SSSR count). The highest BCUT2D eigenvalue weighted by Crippen LogP contribution is 2.31. The van der Waals surface area contributed by atoms with E-state index in [0.717, 1.165) is 23.1 Å². The maximum absolute atomic E-state index is 14.0. The average molecular weight is 546 g/mol. The Morgan fingerprint density at radius 3 is 2.26 bits per heavy atom. The number of carbonyl (C=O) groups excluding carboxylic acids is 3. The summed E-state index contributed by atoms with van der Waals surface area (Å²) in [5.74, 6) is -1.04. The number of carbonyl (C=O) groups is 3. The van der Waals surface area contributed by atoms with E-state index in [1.54, 1.807) is 32.9 Å². The van der Waals surface area contributed by atoms with Crippen LogP contribution in [0.25, 0.3) is 0 Å². The van der Waals surface area contributed by atoms with Crippen molar-refractivity contribution in [2.45, 2.75) is 79.0 Å². The van der Waals surface area contributed by atoms with Crippen LogP contribution in [0.2, 0.25) is 5.02 Å². The van der Waals surface area contributed by atoms with Crippen LogP contribution in [0, 0.1) is 20.8 Å². The van der Waals surface area contributed by atoms with Crippen LogP contribution in [0.3, 0.4) is 0 Å². The van der Waals surface area contributed by atoms with Gasteiger partial charge in [-0.25, -0.2) is 4.79 Å². The Morgan fingerprint density at radius 2 is 1.68 bits per heavy atom. The lowest BCUT2D eigenvalue weighted by molar-refractivity contribution is -0.141. The first-order valence-corrected chi connectivity index (χ1v) is 13.2. The lowest BCUT2D eigenvalue weighted by Gasteiger charge is -2.35. The number of para-hydroxylation sites is 1. The first-order chi connectivity index (χ1) is 17.8. The van der Waals surface area contributed by atoms with Crippen LogP contribution in [0.1, 0.15) is 68.8 Å². The standard InChI is InChI=1S/C29H40ClN3O5/c1-8-9-16-33(27(36)23(17-34)31-28(37)38-29(5,6)7)25(21-14-10-12-18(2)20(21)4)26(35)32-24-19(3)13-11-15-22(24)30/h10-15,23,25,34H,8-9,16-17H2,1-7H3,(H,31,37)(H,32,35). The molecule has 0 heterocycles. The molecule has 9 heteroatoms. The van der Waals surface area contributed by atoms with E-state index in [9.17, 15) is 19.5 Å². The van der Waals surface area contributed by atoms with Crippen LogP contribution < -0.4 is 10.6 Å². The Bertz CT molecular complexity index is 1130. The maximum Gasteiger partial charge on any atom is 0.408 e. The van der Waals surface area contributed by atoms with E-state index < -0.39 is 42.2 Å². The molecule has 2 aromatic rings. The molecule has 0 aromatic heterocycles. The van der Waals surface area contributed by atoms with Gasteiger partial charge in [0.1, 0.15) is 17.7 Å². The molecule has 2 aromatic carbocycles. The number of amides is 3. The molecule has 0 saturated heterocycles. The molecule has 0 aliphatic heterocycles. The number of anilines is 1. The second-order valence-corrected chi connectivity index (χ2v) is 10.8. The molecule has 0 aliphatic rings. The third-order valence-corrected chi connectivity index (χ3v) is 6.49. The average Bonchev–Trinajstić information content (AvgIpc) is 2.83. The molecule has 3 N–H and O–H groups in total. The van der Waals surface area contributed by atoms with E-state index in [4.69, 9.17) is 16.3 Å². The Balaban J connectivity index is 2.57. The largest absolute Gasteiger partial charge is 0.444 e. The monoisotopic (exact) mass is 545 g/mol. The van der Waals surface area contributed by atoms with Crippen LogP contribution in [-0.2, 0) is 14.3 Å². The number of aryl methyl sites for hydroxylation is 2. The molecule has 208 valence electrons. The number of alkyl carbamates (subject to hydrolysis) is 1. The third kappa shape index (κ3) is 8.20. The summed E-state index contributed by atoms with van der Waals surface area (Å²) >= 11 is 6.40. The minimum atomic E-state index is -1.30. The summed E-state index contributed by atoms with van der Waals surface area (Å²) < 4.78 is 5.29. The highest BCUT2D eigenvalue weighted by molar-refractivity contribution is 6.34. The second kappa shape index (κ2) is 13.6. The number of unbranched alkanes of at least 4 members (excludes halogenated alkanes) is 1. The molecule has 0 saturated carbocycles. The number of aliphatic hydroxyl groups excluding tert-OH is 1. The summed E-state index contributed by atoms with van der Waals surface area (Å²) in [6, 6.07) is 8.55. The van der Waals surface area contributed by atoms with Crippen molar-refractivity contribution in [2.75, 3.05) is 18.5 Å². The summed E-state index contributed by atoms with van der Waals surface area (Å²) in [4.78, 5) is 41.7. The van der Waals surface area contributed by atoms with Gasteiger partial charge in [-0.05, 0) is 76.3 Å². The van der Waals surface area contributed by atoms with Gasteiger partial charge in [-0.3, -0.25) is 9.59 Å². The summed E-state index contributed by atoms with van der Waals surface area (Å²) in [6.07, 6.45) is 0.535. The van der Waals surface area contributed by atoms with Crippen molar-refractivity contribution in [2.24, 2.45) is 0 Å². The summed E-state index contributed by atoms with van der Waals surface area (Å²) in [5.41, 5.74) is 2.91. The smallest absolute Gasteiger partial charge is 0.408 e. The Labute approximate surface area is 230 Å². The predicted molar refractivity (Wildman–Crippen MR) is 150 cm³/mol. The zero-order chi connectivity index (χ0) is 28.6. The van der Waals surface area contributed by atoms with Crippen LogP contribution >= 0.6 is 11.6 Å². The van der Waals surface area contributed by atoms with Crippen LogP contribution in [0.4, 0.5) is 10.5 Å². The molecule has 0 bridgehead atoms. The topological polar surface area (TPSA) is 108 Å². The zero-order valence-electron chi connectivity index (χ0n) is 23.4.